The maximum Gasteiger partial charge on any atom is 0.0701 e. The molecule has 0 saturated heterocycles. The van der Waals surface area contributed by atoms with Crippen molar-refractivity contribution in [3.63, 3.8) is 0 Å². The minimum Gasteiger partial charge on any atom is -0.378 e. The van der Waals surface area contributed by atoms with E-state index in [0.717, 1.165) is 16.7 Å². The predicted molar refractivity (Wildman–Crippen MR) is 118 cm³/mol. The average molecular weight is 391 g/mol. The molecule has 0 aliphatic rings. The van der Waals surface area contributed by atoms with Crippen LogP contribution in [0.4, 0.5) is 0 Å². The molecule has 3 aromatic rings. The van der Waals surface area contributed by atoms with Crippen LogP contribution in [-0.2, 0) is 14.9 Å². The minimum atomic E-state index is -0.526. The van der Waals surface area contributed by atoms with E-state index >= 15 is 0 Å². The molecule has 29 heavy (non-hydrogen) atoms. The quantitative estimate of drug-likeness (QED) is 0.389. The molecule has 1 unspecified atom stereocenters. The molecule has 0 aromatic heterocycles. The largest absolute Gasteiger partial charge is 0.378 e. The lowest BCUT2D eigenvalue weighted by Crippen LogP contribution is -2.50. The summed E-state index contributed by atoms with van der Waals surface area (Å²) in [7, 11) is 0. The monoisotopic (exact) mass is 390 g/mol. The van der Waals surface area contributed by atoms with Crippen LogP contribution in [0.5, 0.6) is 0 Å². The van der Waals surface area contributed by atoms with Gasteiger partial charge < -0.3 is 20.9 Å². The molecule has 0 radical (unpaired) electrons. The Morgan fingerprint density at radius 1 is 0.621 bits per heavy atom. The van der Waals surface area contributed by atoms with E-state index < -0.39 is 5.41 Å². The minimum absolute atomic E-state index is 0.288. The van der Waals surface area contributed by atoms with Crippen LogP contribution in [0, 0.1) is 0 Å². The highest BCUT2D eigenvalue weighted by molar-refractivity contribution is 5.52. The summed E-state index contributed by atoms with van der Waals surface area (Å²) in [5.41, 5.74) is 15.3. The zero-order chi connectivity index (χ0) is 20.4. The molecule has 0 aliphatic carbocycles. The number of hydrogen-bond donors (Lipinski definition) is 2. The van der Waals surface area contributed by atoms with Crippen LogP contribution in [0.2, 0.25) is 0 Å². The van der Waals surface area contributed by atoms with Gasteiger partial charge in [0.05, 0.1) is 31.8 Å². The highest BCUT2D eigenvalue weighted by Crippen LogP contribution is 2.41. The fourth-order valence-corrected chi connectivity index (χ4v) is 3.88. The van der Waals surface area contributed by atoms with Gasteiger partial charge in [0.1, 0.15) is 0 Å². The second kappa shape index (κ2) is 10.9. The van der Waals surface area contributed by atoms with Gasteiger partial charge in [-0.2, -0.15) is 0 Å². The first kappa shape index (κ1) is 21.2. The van der Waals surface area contributed by atoms with E-state index in [0.29, 0.717) is 33.0 Å². The van der Waals surface area contributed by atoms with Gasteiger partial charge in [0.15, 0.2) is 0 Å². The van der Waals surface area contributed by atoms with Crippen molar-refractivity contribution in [2.24, 2.45) is 11.5 Å². The lowest BCUT2D eigenvalue weighted by atomic mass is 9.65. The third-order valence-corrected chi connectivity index (χ3v) is 5.18. The van der Waals surface area contributed by atoms with Crippen molar-refractivity contribution in [2.45, 2.75) is 11.5 Å². The van der Waals surface area contributed by atoms with E-state index in [4.69, 9.17) is 20.9 Å². The van der Waals surface area contributed by atoms with Crippen LogP contribution in [-0.4, -0.2) is 39.0 Å². The molecule has 0 amide bonds. The molecule has 4 nitrogen and oxygen atoms in total. The molecule has 4 heteroatoms. The number of ether oxygens (including phenoxy) is 2. The summed E-state index contributed by atoms with van der Waals surface area (Å²) in [6.45, 7) is 2.46. The van der Waals surface area contributed by atoms with Crippen LogP contribution in [0.1, 0.15) is 16.7 Å². The van der Waals surface area contributed by atoms with Gasteiger partial charge >= 0.3 is 0 Å². The Bertz CT molecular complexity index is 729. The molecule has 0 fully saturated rings. The normalized spacial score (nSPS) is 12.6. The molecule has 4 N–H and O–H groups in total. The SMILES string of the molecule is NCCOCCOCC(N)C(c1ccccc1)(c1ccccc1)c1ccccc1. The molecule has 0 bridgehead atoms. The molecule has 0 spiro atoms. The van der Waals surface area contributed by atoms with Gasteiger partial charge in [0.2, 0.25) is 0 Å². The van der Waals surface area contributed by atoms with Crippen molar-refractivity contribution in [2.75, 3.05) is 33.0 Å². The molecule has 0 heterocycles. The van der Waals surface area contributed by atoms with E-state index in [2.05, 4.69) is 72.8 Å². The second-order valence-corrected chi connectivity index (χ2v) is 6.99. The molecular formula is C25H30N2O2. The highest BCUT2D eigenvalue weighted by atomic mass is 16.5. The van der Waals surface area contributed by atoms with Crippen molar-refractivity contribution in [3.05, 3.63) is 108 Å². The number of hydrogen-bond acceptors (Lipinski definition) is 4. The van der Waals surface area contributed by atoms with Gasteiger partial charge in [-0.25, -0.2) is 0 Å². The van der Waals surface area contributed by atoms with Crippen LogP contribution < -0.4 is 11.5 Å². The Morgan fingerprint density at radius 2 is 1.03 bits per heavy atom. The van der Waals surface area contributed by atoms with Crippen molar-refractivity contribution < 1.29 is 9.47 Å². The third-order valence-electron chi connectivity index (χ3n) is 5.18. The molecule has 3 rings (SSSR count). The number of benzene rings is 3. The number of rotatable bonds is 11. The van der Waals surface area contributed by atoms with E-state index in [1.54, 1.807) is 0 Å². The zero-order valence-corrected chi connectivity index (χ0v) is 16.7. The number of nitrogens with two attached hydrogens (primary N) is 2. The Hall–Kier alpha value is -2.50. The smallest absolute Gasteiger partial charge is 0.0701 e. The summed E-state index contributed by atoms with van der Waals surface area (Å²) in [5, 5.41) is 0. The van der Waals surface area contributed by atoms with Gasteiger partial charge in [-0.1, -0.05) is 91.0 Å². The Morgan fingerprint density at radius 3 is 1.45 bits per heavy atom. The molecular weight excluding hydrogens is 360 g/mol. The van der Waals surface area contributed by atoms with Gasteiger partial charge in [0.25, 0.3) is 0 Å². The summed E-state index contributed by atoms with van der Waals surface area (Å²) in [6, 6.07) is 31.0. The Balaban J connectivity index is 1.98. The molecule has 0 aliphatic heterocycles. The maximum atomic E-state index is 6.90. The van der Waals surface area contributed by atoms with Crippen molar-refractivity contribution in [1.29, 1.82) is 0 Å². The topological polar surface area (TPSA) is 70.5 Å². The summed E-state index contributed by atoms with van der Waals surface area (Å²) in [5.74, 6) is 0. The van der Waals surface area contributed by atoms with Gasteiger partial charge in [-0.15, -0.1) is 0 Å². The molecule has 0 saturated carbocycles. The van der Waals surface area contributed by atoms with Gasteiger partial charge in [-0.3, -0.25) is 0 Å². The van der Waals surface area contributed by atoms with Gasteiger partial charge in [0, 0.05) is 12.6 Å². The van der Waals surface area contributed by atoms with Gasteiger partial charge in [-0.05, 0) is 16.7 Å². The van der Waals surface area contributed by atoms with Crippen LogP contribution in [0.3, 0.4) is 0 Å². The van der Waals surface area contributed by atoms with Crippen molar-refractivity contribution >= 4 is 0 Å². The van der Waals surface area contributed by atoms with Crippen molar-refractivity contribution in [1.82, 2.24) is 0 Å². The standard InChI is InChI=1S/C25H30N2O2/c26-16-17-28-18-19-29-20-24(27)25(21-10-4-1-5-11-21,22-12-6-2-7-13-22)23-14-8-3-9-15-23/h1-15,24H,16-20,26-27H2. The van der Waals surface area contributed by atoms with Crippen LogP contribution in [0.25, 0.3) is 0 Å². The lowest BCUT2D eigenvalue weighted by Gasteiger charge is -2.41. The summed E-state index contributed by atoms with van der Waals surface area (Å²) in [6.07, 6.45) is 0. The molecule has 1 atom stereocenters. The summed E-state index contributed by atoms with van der Waals surface area (Å²) < 4.78 is 11.3. The Labute approximate surface area is 173 Å². The molecule has 3 aromatic carbocycles. The fraction of sp³-hybridized carbons (Fsp3) is 0.280. The van der Waals surface area contributed by atoms with E-state index in [1.165, 1.54) is 0 Å². The second-order valence-electron chi connectivity index (χ2n) is 6.99. The third kappa shape index (κ3) is 4.92. The summed E-state index contributed by atoms with van der Waals surface area (Å²) in [4.78, 5) is 0. The highest BCUT2D eigenvalue weighted by Gasteiger charge is 2.42. The average Bonchev–Trinajstić information content (AvgIpc) is 2.79. The molecule has 152 valence electrons. The Kier molecular flexibility index (Phi) is 7.96. The maximum absolute atomic E-state index is 6.90. The van der Waals surface area contributed by atoms with Crippen LogP contribution >= 0.6 is 0 Å². The predicted octanol–water partition coefficient (Wildman–Crippen LogP) is 3.34. The van der Waals surface area contributed by atoms with Crippen molar-refractivity contribution in [3.8, 4) is 0 Å². The fourth-order valence-electron chi connectivity index (χ4n) is 3.88. The summed E-state index contributed by atoms with van der Waals surface area (Å²) >= 11 is 0. The lowest BCUT2D eigenvalue weighted by molar-refractivity contribution is 0.0408. The van der Waals surface area contributed by atoms with E-state index in [9.17, 15) is 0 Å². The van der Waals surface area contributed by atoms with E-state index in [1.807, 2.05) is 18.2 Å². The first-order chi connectivity index (χ1) is 14.3. The first-order valence-corrected chi connectivity index (χ1v) is 10.1. The van der Waals surface area contributed by atoms with E-state index in [-0.39, 0.29) is 6.04 Å². The van der Waals surface area contributed by atoms with Crippen LogP contribution in [0.15, 0.2) is 91.0 Å². The zero-order valence-electron chi connectivity index (χ0n) is 16.7. The first-order valence-electron chi connectivity index (χ1n) is 10.1.